The number of benzene rings is 1. The van der Waals surface area contributed by atoms with E-state index in [1.807, 2.05) is 0 Å². The van der Waals surface area contributed by atoms with Gasteiger partial charge in [0.15, 0.2) is 9.84 Å². The molecule has 0 bridgehead atoms. The molecule has 0 unspecified atom stereocenters. The van der Waals surface area contributed by atoms with Gasteiger partial charge in [-0.15, -0.1) is 0 Å². The van der Waals surface area contributed by atoms with E-state index in [-0.39, 0.29) is 32.5 Å². The summed E-state index contributed by atoms with van der Waals surface area (Å²) in [7, 11) is -6.66. The summed E-state index contributed by atoms with van der Waals surface area (Å²) in [4.78, 5) is 2.07. The van der Waals surface area contributed by atoms with Crippen LogP contribution in [0.5, 0.6) is 0 Å². The Morgan fingerprint density at radius 1 is 1.08 bits per heavy atom. The molecule has 2 aliphatic heterocycles. The zero-order chi connectivity index (χ0) is 17.5. The minimum Gasteiger partial charge on any atom is -0.297 e. The third kappa shape index (κ3) is 3.59. The van der Waals surface area contributed by atoms with Crippen LogP contribution in [0.2, 0.25) is 10.0 Å². The van der Waals surface area contributed by atoms with E-state index < -0.39 is 19.9 Å². The zero-order valence-electron chi connectivity index (χ0n) is 12.9. The van der Waals surface area contributed by atoms with Crippen LogP contribution in [0.25, 0.3) is 0 Å². The van der Waals surface area contributed by atoms with Gasteiger partial charge in [-0.1, -0.05) is 29.3 Å². The van der Waals surface area contributed by atoms with Gasteiger partial charge in [-0.05, 0) is 18.6 Å². The Hall–Kier alpha value is -0.380. The van der Waals surface area contributed by atoms with Crippen LogP contribution in [0.4, 0.5) is 0 Å². The Morgan fingerprint density at radius 2 is 1.75 bits per heavy atom. The smallest absolute Gasteiger partial charge is 0.244 e. The highest BCUT2D eigenvalue weighted by Crippen LogP contribution is 2.31. The van der Waals surface area contributed by atoms with Crippen molar-refractivity contribution in [3.05, 3.63) is 28.2 Å². The molecule has 0 amide bonds. The van der Waals surface area contributed by atoms with Crippen LogP contribution < -0.4 is 0 Å². The maximum atomic E-state index is 12.8. The summed E-state index contributed by atoms with van der Waals surface area (Å²) in [6.07, 6.45) is 0.620. The molecule has 0 spiro atoms. The fourth-order valence-corrected chi connectivity index (χ4v) is 7.11. The van der Waals surface area contributed by atoms with E-state index >= 15 is 0 Å². The van der Waals surface area contributed by atoms with Crippen molar-refractivity contribution in [3.8, 4) is 0 Å². The van der Waals surface area contributed by atoms with Crippen molar-refractivity contribution in [2.24, 2.45) is 0 Å². The van der Waals surface area contributed by atoms with Crippen LogP contribution in [0.3, 0.4) is 0 Å². The third-order valence-corrected chi connectivity index (χ3v) is 9.15. The molecule has 2 saturated heterocycles. The van der Waals surface area contributed by atoms with Crippen LogP contribution in [-0.4, -0.2) is 69.8 Å². The molecule has 0 aromatic heterocycles. The molecule has 1 aromatic carbocycles. The van der Waals surface area contributed by atoms with Crippen LogP contribution >= 0.6 is 23.2 Å². The van der Waals surface area contributed by atoms with Gasteiger partial charge in [0, 0.05) is 32.2 Å². The molecule has 0 N–H and O–H groups in total. The Bertz CT molecular complexity index is 834. The van der Waals surface area contributed by atoms with Crippen molar-refractivity contribution in [2.45, 2.75) is 17.4 Å². The van der Waals surface area contributed by atoms with Crippen molar-refractivity contribution >= 4 is 43.1 Å². The minimum absolute atomic E-state index is 0.00499. The number of halogens is 2. The molecule has 0 saturated carbocycles. The van der Waals surface area contributed by atoms with E-state index in [4.69, 9.17) is 23.2 Å². The highest BCUT2D eigenvalue weighted by atomic mass is 35.5. The normalized spacial score (nSPS) is 25.8. The van der Waals surface area contributed by atoms with Crippen molar-refractivity contribution in [1.82, 2.24) is 9.21 Å². The van der Waals surface area contributed by atoms with E-state index in [2.05, 4.69) is 4.90 Å². The summed E-state index contributed by atoms with van der Waals surface area (Å²) in [5.41, 5.74) is 0. The Morgan fingerprint density at radius 3 is 2.33 bits per heavy atom. The number of nitrogens with zero attached hydrogens (tertiary/aromatic N) is 2. The summed E-state index contributed by atoms with van der Waals surface area (Å²) in [5, 5.41) is 0.232. The van der Waals surface area contributed by atoms with Gasteiger partial charge in [0.05, 0.1) is 21.6 Å². The molecule has 3 rings (SSSR count). The van der Waals surface area contributed by atoms with Gasteiger partial charge in [0.2, 0.25) is 10.0 Å². The Kier molecular flexibility index (Phi) is 5.17. The number of rotatable bonds is 3. The topological polar surface area (TPSA) is 74.8 Å². The standard InChI is InChI=1S/C14H18Cl2N2O4S2/c15-12-2-1-3-13(14(12)16)24(21,22)18-7-5-17(6-8-18)11-4-9-23(19,20)10-11/h1-3,11H,4-10H2/t11-/m0/s1. The van der Waals surface area contributed by atoms with E-state index in [9.17, 15) is 16.8 Å². The number of sulfonamides is 1. The summed E-state index contributed by atoms with van der Waals surface area (Å²) in [5.74, 6) is 0.383. The fourth-order valence-electron chi connectivity index (χ4n) is 3.19. The first-order valence-corrected chi connectivity index (χ1v) is 11.6. The molecule has 10 heteroatoms. The Balaban J connectivity index is 1.71. The zero-order valence-corrected chi connectivity index (χ0v) is 16.0. The molecule has 134 valence electrons. The Labute approximate surface area is 152 Å². The van der Waals surface area contributed by atoms with Gasteiger partial charge in [0.1, 0.15) is 4.90 Å². The first kappa shape index (κ1) is 18.4. The summed E-state index contributed by atoms with van der Waals surface area (Å²) < 4.78 is 50.1. The third-order valence-electron chi connectivity index (χ3n) is 4.53. The molecule has 24 heavy (non-hydrogen) atoms. The molecule has 0 radical (unpaired) electrons. The van der Waals surface area contributed by atoms with E-state index in [0.29, 0.717) is 32.6 Å². The van der Waals surface area contributed by atoms with Crippen LogP contribution in [-0.2, 0) is 19.9 Å². The summed E-state index contributed by atoms with van der Waals surface area (Å²) >= 11 is 12.0. The summed E-state index contributed by atoms with van der Waals surface area (Å²) in [6, 6.07) is 4.54. The second-order valence-corrected chi connectivity index (χ2v) is 11.0. The number of sulfone groups is 1. The first-order valence-electron chi connectivity index (χ1n) is 7.59. The molecule has 1 atom stereocenters. The van der Waals surface area contributed by atoms with Gasteiger partial charge in [-0.25, -0.2) is 16.8 Å². The van der Waals surface area contributed by atoms with Gasteiger partial charge in [0.25, 0.3) is 0 Å². The van der Waals surface area contributed by atoms with Crippen LogP contribution in [0.1, 0.15) is 6.42 Å². The van der Waals surface area contributed by atoms with Gasteiger partial charge < -0.3 is 0 Å². The highest BCUT2D eigenvalue weighted by Gasteiger charge is 2.36. The minimum atomic E-state index is -3.71. The monoisotopic (exact) mass is 412 g/mol. The highest BCUT2D eigenvalue weighted by molar-refractivity contribution is 7.91. The van der Waals surface area contributed by atoms with E-state index in [0.717, 1.165) is 0 Å². The molecule has 1 aromatic rings. The lowest BCUT2D eigenvalue weighted by Crippen LogP contribution is -2.52. The van der Waals surface area contributed by atoms with Crippen molar-refractivity contribution in [2.75, 3.05) is 37.7 Å². The fraction of sp³-hybridized carbons (Fsp3) is 0.571. The maximum absolute atomic E-state index is 12.8. The molecular weight excluding hydrogens is 395 g/mol. The quantitative estimate of drug-likeness (QED) is 0.751. The maximum Gasteiger partial charge on any atom is 0.244 e. The molecule has 6 nitrogen and oxygen atoms in total. The molecule has 2 heterocycles. The van der Waals surface area contributed by atoms with Crippen LogP contribution in [0, 0.1) is 0 Å². The molecular formula is C14H18Cl2N2O4S2. The molecule has 2 fully saturated rings. The lowest BCUT2D eigenvalue weighted by atomic mass is 10.2. The van der Waals surface area contributed by atoms with Crippen molar-refractivity contribution in [1.29, 1.82) is 0 Å². The lowest BCUT2D eigenvalue weighted by molar-refractivity contribution is 0.148. The van der Waals surface area contributed by atoms with Crippen LogP contribution in [0.15, 0.2) is 23.1 Å². The second kappa shape index (κ2) is 6.74. The lowest BCUT2D eigenvalue weighted by Gasteiger charge is -2.37. The average Bonchev–Trinajstić information content (AvgIpc) is 2.90. The first-order chi connectivity index (χ1) is 11.2. The largest absolute Gasteiger partial charge is 0.297 e. The number of hydrogen-bond donors (Lipinski definition) is 0. The van der Waals surface area contributed by atoms with Crippen molar-refractivity contribution < 1.29 is 16.8 Å². The molecule has 0 aliphatic carbocycles. The average molecular weight is 413 g/mol. The van der Waals surface area contributed by atoms with E-state index in [1.54, 1.807) is 12.1 Å². The summed E-state index contributed by atoms with van der Waals surface area (Å²) in [6.45, 7) is 1.64. The SMILES string of the molecule is O=S1(=O)CC[C@H](N2CCN(S(=O)(=O)c3cccc(Cl)c3Cl)CC2)C1. The van der Waals surface area contributed by atoms with Gasteiger partial charge in [-0.3, -0.25) is 4.90 Å². The predicted octanol–water partition coefficient (Wildman–Crippen LogP) is 1.49. The molecule has 2 aliphatic rings. The van der Waals surface area contributed by atoms with Crippen molar-refractivity contribution in [3.63, 3.8) is 0 Å². The van der Waals surface area contributed by atoms with Gasteiger partial charge in [-0.2, -0.15) is 4.31 Å². The second-order valence-electron chi connectivity index (χ2n) is 6.05. The van der Waals surface area contributed by atoms with E-state index in [1.165, 1.54) is 10.4 Å². The number of hydrogen-bond acceptors (Lipinski definition) is 5. The number of piperazine rings is 1. The predicted molar refractivity (Wildman–Crippen MR) is 93.9 cm³/mol. The van der Waals surface area contributed by atoms with Gasteiger partial charge >= 0.3 is 0 Å².